The van der Waals surface area contributed by atoms with Crippen molar-refractivity contribution in [2.45, 2.75) is 58.7 Å². The first-order valence-corrected chi connectivity index (χ1v) is 6.16. The van der Waals surface area contributed by atoms with Crippen LogP contribution in [0.3, 0.4) is 0 Å². The predicted octanol–water partition coefficient (Wildman–Crippen LogP) is 2.34. The van der Waals surface area contributed by atoms with Gasteiger partial charge in [0.15, 0.2) is 0 Å². The van der Waals surface area contributed by atoms with Crippen molar-refractivity contribution in [3.8, 4) is 0 Å². The highest BCUT2D eigenvalue weighted by Crippen LogP contribution is 2.15. The third-order valence-corrected chi connectivity index (χ3v) is 2.70. The maximum absolute atomic E-state index is 11.6. The lowest BCUT2D eigenvalue weighted by atomic mass is 10.1. The van der Waals surface area contributed by atoms with E-state index in [2.05, 4.69) is 17.1 Å². The molecule has 0 aromatic carbocycles. The van der Waals surface area contributed by atoms with Gasteiger partial charge >= 0.3 is 6.09 Å². The van der Waals surface area contributed by atoms with E-state index in [1.54, 1.807) is 0 Å². The Morgan fingerprint density at radius 1 is 1.44 bits per heavy atom. The van der Waals surface area contributed by atoms with E-state index in [1.165, 1.54) is 12.8 Å². The number of carbonyl (C=O) groups is 1. The van der Waals surface area contributed by atoms with Gasteiger partial charge in [0.25, 0.3) is 0 Å². The molecule has 0 aromatic rings. The Bertz CT molecular complexity index is 236. The maximum atomic E-state index is 11.6. The Labute approximate surface area is 98.3 Å². The molecule has 1 rings (SSSR count). The van der Waals surface area contributed by atoms with Crippen LogP contribution in [0.2, 0.25) is 0 Å². The molecular weight excluding hydrogens is 204 g/mol. The summed E-state index contributed by atoms with van der Waals surface area (Å²) in [6.45, 7) is 9.80. The van der Waals surface area contributed by atoms with Gasteiger partial charge in [-0.15, -0.1) is 0 Å². The Morgan fingerprint density at radius 2 is 2.12 bits per heavy atom. The average Bonchev–Trinajstić information content (AvgIpc) is 2.15. The topological polar surface area (TPSA) is 41.6 Å². The molecule has 0 bridgehead atoms. The number of carbonyl (C=O) groups excluding carboxylic acids is 1. The van der Waals surface area contributed by atoms with Gasteiger partial charge in [0.1, 0.15) is 5.60 Å². The minimum absolute atomic E-state index is 0.147. The zero-order valence-corrected chi connectivity index (χ0v) is 10.9. The van der Waals surface area contributed by atoms with Gasteiger partial charge in [0, 0.05) is 6.54 Å². The third kappa shape index (κ3) is 4.39. The number of nitrogens with zero attached hydrogens (tertiary/aromatic N) is 1. The van der Waals surface area contributed by atoms with Gasteiger partial charge in [0.05, 0.1) is 6.17 Å². The van der Waals surface area contributed by atoms with E-state index in [1.807, 2.05) is 20.8 Å². The molecule has 1 unspecified atom stereocenters. The molecule has 0 saturated carbocycles. The number of nitrogens with one attached hydrogen (secondary N) is 1. The number of ether oxygens (including phenoxy) is 1. The standard InChI is InChI=1S/C12H24N2O2/c1-5-14-9-7-6-8-10(14)13-11(15)16-12(2,3)4/h10H,5-9H2,1-4H3,(H,13,15). The summed E-state index contributed by atoms with van der Waals surface area (Å²) in [6, 6.07) is 0. The molecule has 0 spiro atoms. The van der Waals surface area contributed by atoms with Gasteiger partial charge in [-0.2, -0.15) is 0 Å². The maximum Gasteiger partial charge on any atom is 0.408 e. The average molecular weight is 228 g/mol. The molecule has 0 aromatic heterocycles. The Kier molecular flexibility index (Phi) is 4.59. The molecule has 0 radical (unpaired) electrons. The number of piperidine rings is 1. The second kappa shape index (κ2) is 5.53. The third-order valence-electron chi connectivity index (χ3n) is 2.70. The summed E-state index contributed by atoms with van der Waals surface area (Å²) < 4.78 is 5.26. The summed E-state index contributed by atoms with van der Waals surface area (Å²) >= 11 is 0. The van der Waals surface area contributed by atoms with Crippen LogP contribution in [0.15, 0.2) is 0 Å². The SMILES string of the molecule is CCN1CCCCC1NC(=O)OC(C)(C)C. The second-order valence-electron chi connectivity index (χ2n) is 5.29. The number of rotatable bonds is 2. The van der Waals surface area contributed by atoms with Gasteiger partial charge in [-0.05, 0) is 46.6 Å². The molecule has 1 aliphatic heterocycles. The molecule has 1 amide bonds. The number of hydrogen-bond acceptors (Lipinski definition) is 3. The van der Waals surface area contributed by atoms with E-state index in [9.17, 15) is 4.79 Å². The van der Waals surface area contributed by atoms with Crippen molar-refractivity contribution in [1.29, 1.82) is 0 Å². The quantitative estimate of drug-likeness (QED) is 0.788. The largest absolute Gasteiger partial charge is 0.444 e. The van der Waals surface area contributed by atoms with Crippen molar-refractivity contribution in [2.75, 3.05) is 13.1 Å². The van der Waals surface area contributed by atoms with E-state index in [-0.39, 0.29) is 12.3 Å². The monoisotopic (exact) mass is 228 g/mol. The zero-order valence-electron chi connectivity index (χ0n) is 10.9. The number of alkyl carbamates (subject to hydrolysis) is 1. The Hall–Kier alpha value is -0.770. The van der Waals surface area contributed by atoms with Crippen LogP contribution in [0.25, 0.3) is 0 Å². The van der Waals surface area contributed by atoms with E-state index >= 15 is 0 Å². The van der Waals surface area contributed by atoms with E-state index < -0.39 is 5.60 Å². The molecular formula is C12H24N2O2. The fraction of sp³-hybridized carbons (Fsp3) is 0.917. The first-order chi connectivity index (χ1) is 7.42. The molecule has 1 fully saturated rings. The van der Waals surface area contributed by atoms with Crippen LogP contribution in [0.5, 0.6) is 0 Å². The minimum atomic E-state index is -0.421. The van der Waals surface area contributed by atoms with Crippen LogP contribution in [-0.2, 0) is 4.74 Å². The predicted molar refractivity (Wildman–Crippen MR) is 64.3 cm³/mol. The second-order valence-corrected chi connectivity index (χ2v) is 5.29. The van der Waals surface area contributed by atoms with Gasteiger partial charge in [-0.25, -0.2) is 4.79 Å². The highest BCUT2D eigenvalue weighted by Gasteiger charge is 2.24. The van der Waals surface area contributed by atoms with Crippen LogP contribution in [0, 0.1) is 0 Å². The molecule has 4 nitrogen and oxygen atoms in total. The van der Waals surface area contributed by atoms with E-state index in [4.69, 9.17) is 4.74 Å². The van der Waals surface area contributed by atoms with Gasteiger partial charge in [-0.1, -0.05) is 6.92 Å². The number of hydrogen-bond donors (Lipinski definition) is 1. The van der Waals surface area contributed by atoms with Gasteiger partial charge in [-0.3, -0.25) is 4.90 Å². The van der Waals surface area contributed by atoms with Crippen molar-refractivity contribution < 1.29 is 9.53 Å². The number of likely N-dealkylation sites (tertiary alicyclic amines) is 1. The summed E-state index contributed by atoms with van der Waals surface area (Å²) in [7, 11) is 0. The molecule has 0 aliphatic carbocycles. The summed E-state index contributed by atoms with van der Waals surface area (Å²) in [4.78, 5) is 13.9. The minimum Gasteiger partial charge on any atom is -0.444 e. The fourth-order valence-electron chi connectivity index (χ4n) is 1.98. The number of amides is 1. The summed E-state index contributed by atoms with van der Waals surface area (Å²) in [5.41, 5.74) is -0.421. The first-order valence-electron chi connectivity index (χ1n) is 6.16. The van der Waals surface area contributed by atoms with Crippen molar-refractivity contribution in [2.24, 2.45) is 0 Å². The van der Waals surface area contributed by atoms with Crippen molar-refractivity contribution in [1.82, 2.24) is 10.2 Å². The lowest BCUT2D eigenvalue weighted by Crippen LogP contribution is -2.51. The van der Waals surface area contributed by atoms with Crippen LogP contribution < -0.4 is 5.32 Å². The molecule has 1 atom stereocenters. The van der Waals surface area contributed by atoms with E-state index in [0.717, 1.165) is 19.5 Å². The fourth-order valence-corrected chi connectivity index (χ4v) is 1.98. The van der Waals surface area contributed by atoms with Crippen LogP contribution in [-0.4, -0.2) is 35.8 Å². The summed E-state index contributed by atoms with van der Waals surface area (Å²) in [6.07, 6.45) is 3.26. The molecule has 94 valence electrons. The highest BCUT2D eigenvalue weighted by molar-refractivity contribution is 5.68. The van der Waals surface area contributed by atoms with Crippen LogP contribution >= 0.6 is 0 Å². The van der Waals surface area contributed by atoms with Gasteiger partial charge in [0.2, 0.25) is 0 Å². The summed E-state index contributed by atoms with van der Waals surface area (Å²) in [5, 5.41) is 2.94. The zero-order chi connectivity index (χ0) is 12.2. The molecule has 1 heterocycles. The smallest absolute Gasteiger partial charge is 0.408 e. The lowest BCUT2D eigenvalue weighted by molar-refractivity contribution is 0.0374. The molecule has 1 N–H and O–H groups in total. The summed E-state index contributed by atoms with van der Waals surface area (Å²) in [5.74, 6) is 0. The van der Waals surface area contributed by atoms with E-state index in [0.29, 0.717) is 0 Å². The lowest BCUT2D eigenvalue weighted by Gasteiger charge is -2.35. The van der Waals surface area contributed by atoms with Crippen LogP contribution in [0.1, 0.15) is 47.0 Å². The van der Waals surface area contributed by atoms with Crippen molar-refractivity contribution in [3.05, 3.63) is 0 Å². The normalized spacial score (nSPS) is 22.9. The Balaban J connectivity index is 2.42. The molecule has 1 saturated heterocycles. The van der Waals surface area contributed by atoms with Crippen molar-refractivity contribution in [3.63, 3.8) is 0 Å². The highest BCUT2D eigenvalue weighted by atomic mass is 16.6. The molecule has 4 heteroatoms. The van der Waals surface area contributed by atoms with Crippen molar-refractivity contribution >= 4 is 6.09 Å². The molecule has 16 heavy (non-hydrogen) atoms. The van der Waals surface area contributed by atoms with Gasteiger partial charge < -0.3 is 10.1 Å². The van der Waals surface area contributed by atoms with Crippen LogP contribution in [0.4, 0.5) is 4.79 Å². The molecule has 1 aliphatic rings. The Morgan fingerprint density at radius 3 is 2.69 bits per heavy atom. The first kappa shape index (κ1) is 13.3.